The van der Waals surface area contributed by atoms with Crippen molar-refractivity contribution in [3.8, 4) is 0 Å². The van der Waals surface area contributed by atoms with E-state index < -0.39 is 0 Å². The van der Waals surface area contributed by atoms with Crippen LogP contribution in [0.2, 0.25) is 0 Å². The maximum atomic E-state index is 12.5. The fourth-order valence-electron chi connectivity index (χ4n) is 3.00. The summed E-state index contributed by atoms with van der Waals surface area (Å²) in [6.45, 7) is 6.28. The topological polar surface area (TPSA) is 55.6 Å². The first-order valence-corrected chi connectivity index (χ1v) is 6.75. The molecule has 1 amide bonds. The SMILES string of the molecule is CC1CN(C(=O)C2CCCC(N)C2C)CCO1. The lowest BCUT2D eigenvalue weighted by atomic mass is 9.76. The van der Waals surface area contributed by atoms with E-state index in [4.69, 9.17) is 10.5 Å². The van der Waals surface area contributed by atoms with Gasteiger partial charge in [0, 0.05) is 25.0 Å². The smallest absolute Gasteiger partial charge is 0.226 e. The van der Waals surface area contributed by atoms with Crippen LogP contribution in [-0.4, -0.2) is 42.6 Å². The second-order valence-corrected chi connectivity index (χ2v) is 5.53. The molecule has 1 aliphatic heterocycles. The molecule has 4 atom stereocenters. The quantitative estimate of drug-likeness (QED) is 0.744. The molecule has 2 N–H and O–H groups in total. The van der Waals surface area contributed by atoms with Crippen molar-refractivity contribution in [3.63, 3.8) is 0 Å². The van der Waals surface area contributed by atoms with Crippen LogP contribution in [-0.2, 0) is 9.53 Å². The van der Waals surface area contributed by atoms with E-state index >= 15 is 0 Å². The molecular formula is C13H24N2O2. The van der Waals surface area contributed by atoms with Crippen molar-refractivity contribution in [3.05, 3.63) is 0 Å². The number of carbonyl (C=O) groups excluding carboxylic acids is 1. The molecule has 1 aliphatic carbocycles. The van der Waals surface area contributed by atoms with Gasteiger partial charge in [-0.3, -0.25) is 4.79 Å². The van der Waals surface area contributed by atoms with Crippen molar-refractivity contribution in [1.82, 2.24) is 4.90 Å². The molecule has 98 valence electrons. The van der Waals surface area contributed by atoms with Crippen LogP contribution < -0.4 is 5.73 Å². The van der Waals surface area contributed by atoms with Gasteiger partial charge in [0.05, 0.1) is 12.7 Å². The average molecular weight is 240 g/mol. The van der Waals surface area contributed by atoms with Crippen LogP contribution in [0.15, 0.2) is 0 Å². The van der Waals surface area contributed by atoms with E-state index in [-0.39, 0.29) is 18.1 Å². The van der Waals surface area contributed by atoms with Gasteiger partial charge in [-0.1, -0.05) is 13.3 Å². The Morgan fingerprint density at radius 3 is 2.82 bits per heavy atom. The summed E-state index contributed by atoms with van der Waals surface area (Å²) in [5.74, 6) is 0.737. The molecule has 1 saturated heterocycles. The van der Waals surface area contributed by atoms with E-state index in [0.29, 0.717) is 18.4 Å². The first-order valence-electron chi connectivity index (χ1n) is 6.75. The molecule has 2 aliphatic rings. The highest BCUT2D eigenvalue weighted by atomic mass is 16.5. The Morgan fingerprint density at radius 1 is 1.35 bits per heavy atom. The monoisotopic (exact) mass is 240 g/mol. The maximum Gasteiger partial charge on any atom is 0.226 e. The standard InChI is InChI=1S/C13H24N2O2/c1-9-8-15(6-7-17-9)13(16)11-4-3-5-12(14)10(11)2/h9-12H,3-8,14H2,1-2H3. The van der Waals surface area contributed by atoms with Crippen molar-refractivity contribution in [2.75, 3.05) is 19.7 Å². The molecule has 0 aromatic carbocycles. The van der Waals surface area contributed by atoms with Gasteiger partial charge in [0.1, 0.15) is 0 Å². The Kier molecular flexibility index (Phi) is 4.05. The largest absolute Gasteiger partial charge is 0.375 e. The fourth-order valence-corrected chi connectivity index (χ4v) is 3.00. The molecule has 1 saturated carbocycles. The van der Waals surface area contributed by atoms with Crippen molar-refractivity contribution in [2.45, 2.75) is 45.3 Å². The molecule has 2 rings (SSSR count). The molecule has 4 heteroatoms. The Bertz CT molecular complexity index is 283. The highest BCUT2D eigenvalue weighted by molar-refractivity contribution is 5.79. The van der Waals surface area contributed by atoms with Gasteiger partial charge in [-0.05, 0) is 25.7 Å². The zero-order valence-electron chi connectivity index (χ0n) is 10.9. The molecule has 4 unspecified atom stereocenters. The molecule has 0 aromatic heterocycles. The van der Waals surface area contributed by atoms with Crippen LogP contribution in [0.3, 0.4) is 0 Å². The number of carbonyl (C=O) groups is 1. The van der Waals surface area contributed by atoms with Gasteiger partial charge >= 0.3 is 0 Å². The van der Waals surface area contributed by atoms with E-state index in [1.165, 1.54) is 0 Å². The molecule has 0 aromatic rings. The minimum absolute atomic E-state index is 0.129. The highest BCUT2D eigenvalue weighted by Crippen LogP contribution is 2.30. The number of nitrogens with two attached hydrogens (primary N) is 1. The molecule has 0 bridgehead atoms. The first kappa shape index (κ1) is 12.8. The van der Waals surface area contributed by atoms with Crippen molar-refractivity contribution in [1.29, 1.82) is 0 Å². The van der Waals surface area contributed by atoms with Crippen LogP contribution in [0, 0.1) is 11.8 Å². The minimum Gasteiger partial charge on any atom is -0.375 e. The molecule has 0 spiro atoms. The van der Waals surface area contributed by atoms with Gasteiger partial charge in [-0.2, -0.15) is 0 Å². The third kappa shape index (κ3) is 2.80. The second-order valence-electron chi connectivity index (χ2n) is 5.53. The number of hydrogen-bond acceptors (Lipinski definition) is 3. The summed E-state index contributed by atoms with van der Waals surface area (Å²) in [6, 6.07) is 0.191. The van der Waals surface area contributed by atoms with Crippen LogP contribution in [0.25, 0.3) is 0 Å². The molecule has 4 nitrogen and oxygen atoms in total. The Balaban J connectivity index is 1.98. The van der Waals surface area contributed by atoms with E-state index in [1.54, 1.807) is 0 Å². The number of nitrogens with zero attached hydrogens (tertiary/aromatic N) is 1. The average Bonchev–Trinajstić information content (AvgIpc) is 2.32. The third-order valence-corrected chi connectivity index (χ3v) is 4.23. The predicted octanol–water partition coefficient (Wildman–Crippen LogP) is 0.997. The molecule has 17 heavy (non-hydrogen) atoms. The summed E-state index contributed by atoms with van der Waals surface area (Å²) < 4.78 is 5.47. The normalized spacial score (nSPS) is 39.1. The van der Waals surface area contributed by atoms with Crippen LogP contribution in [0.4, 0.5) is 0 Å². The molecule has 2 fully saturated rings. The van der Waals surface area contributed by atoms with E-state index in [9.17, 15) is 4.79 Å². The lowest BCUT2D eigenvalue weighted by Gasteiger charge is -2.38. The van der Waals surface area contributed by atoms with Crippen LogP contribution in [0.5, 0.6) is 0 Å². The van der Waals surface area contributed by atoms with Crippen molar-refractivity contribution in [2.24, 2.45) is 17.6 Å². The van der Waals surface area contributed by atoms with E-state index in [2.05, 4.69) is 6.92 Å². The second kappa shape index (κ2) is 5.36. The highest BCUT2D eigenvalue weighted by Gasteiger charge is 2.36. The van der Waals surface area contributed by atoms with E-state index in [1.807, 2.05) is 11.8 Å². The lowest BCUT2D eigenvalue weighted by molar-refractivity contribution is -0.145. The zero-order chi connectivity index (χ0) is 12.4. The summed E-state index contributed by atoms with van der Waals surface area (Å²) in [5, 5.41) is 0. The van der Waals surface area contributed by atoms with Gasteiger partial charge in [0.2, 0.25) is 5.91 Å². The Labute approximate surface area is 103 Å². The predicted molar refractivity (Wildman–Crippen MR) is 66.5 cm³/mol. The van der Waals surface area contributed by atoms with Gasteiger partial charge in [-0.25, -0.2) is 0 Å². The van der Waals surface area contributed by atoms with Crippen molar-refractivity contribution < 1.29 is 9.53 Å². The molecule has 0 radical (unpaired) electrons. The van der Waals surface area contributed by atoms with Gasteiger partial charge < -0.3 is 15.4 Å². The number of amides is 1. The fraction of sp³-hybridized carbons (Fsp3) is 0.923. The summed E-state index contributed by atoms with van der Waals surface area (Å²) >= 11 is 0. The Hall–Kier alpha value is -0.610. The summed E-state index contributed by atoms with van der Waals surface area (Å²) in [6.07, 6.45) is 3.31. The number of morpholine rings is 1. The van der Waals surface area contributed by atoms with Crippen LogP contribution >= 0.6 is 0 Å². The summed E-state index contributed by atoms with van der Waals surface area (Å²) in [4.78, 5) is 14.4. The zero-order valence-corrected chi connectivity index (χ0v) is 10.9. The number of ether oxygens (including phenoxy) is 1. The molecular weight excluding hydrogens is 216 g/mol. The van der Waals surface area contributed by atoms with Gasteiger partial charge in [0.25, 0.3) is 0 Å². The summed E-state index contributed by atoms with van der Waals surface area (Å²) in [7, 11) is 0. The lowest BCUT2D eigenvalue weighted by Crippen LogP contribution is -2.50. The van der Waals surface area contributed by atoms with Gasteiger partial charge in [0.15, 0.2) is 0 Å². The third-order valence-electron chi connectivity index (χ3n) is 4.23. The number of rotatable bonds is 1. The van der Waals surface area contributed by atoms with Crippen LogP contribution in [0.1, 0.15) is 33.1 Å². The number of hydrogen-bond donors (Lipinski definition) is 1. The maximum absolute atomic E-state index is 12.5. The Morgan fingerprint density at radius 2 is 2.12 bits per heavy atom. The minimum atomic E-state index is 0.129. The molecule has 1 heterocycles. The summed E-state index contributed by atoms with van der Waals surface area (Å²) in [5.41, 5.74) is 6.07. The van der Waals surface area contributed by atoms with Gasteiger partial charge in [-0.15, -0.1) is 0 Å². The first-order chi connectivity index (χ1) is 8.09. The van der Waals surface area contributed by atoms with Crippen molar-refractivity contribution >= 4 is 5.91 Å². The van der Waals surface area contributed by atoms with E-state index in [0.717, 1.165) is 32.4 Å².